The third kappa shape index (κ3) is 5.85. The number of nitrogens with zero attached hydrogens (tertiary/aromatic N) is 5. The molecule has 0 radical (unpaired) electrons. The lowest BCUT2D eigenvalue weighted by Gasteiger charge is -2.38. The average molecular weight is 639 g/mol. The fourth-order valence-electron chi connectivity index (χ4n) is 7.18. The highest BCUT2D eigenvalue weighted by atomic mass is 35.5. The largest absolute Gasteiger partial charge is 0.496 e. The lowest BCUT2D eigenvalue weighted by atomic mass is 9.77. The predicted molar refractivity (Wildman–Crippen MR) is 181 cm³/mol. The highest BCUT2D eigenvalue weighted by Crippen LogP contribution is 2.44. The Morgan fingerprint density at radius 2 is 1.63 bits per heavy atom. The van der Waals surface area contributed by atoms with Gasteiger partial charge in [0.25, 0.3) is 5.91 Å². The molecule has 3 aromatic carbocycles. The van der Waals surface area contributed by atoms with Crippen LogP contribution in [0, 0.1) is 5.41 Å². The monoisotopic (exact) mass is 638 g/mol. The number of benzene rings is 3. The normalized spacial score (nSPS) is 18.4. The molecule has 0 aliphatic carbocycles. The van der Waals surface area contributed by atoms with Crippen LogP contribution >= 0.6 is 11.6 Å². The molecule has 3 fully saturated rings. The average Bonchev–Trinajstić information content (AvgIpc) is 3.75. The molecular formula is C36H39ClN6O3. The molecule has 238 valence electrons. The molecule has 3 aliphatic rings. The van der Waals surface area contributed by atoms with Crippen LogP contribution in [0.2, 0.25) is 5.02 Å². The highest BCUT2D eigenvalue weighted by molar-refractivity contribution is 6.31. The number of hydrogen-bond donors (Lipinski definition) is 1. The van der Waals surface area contributed by atoms with E-state index in [2.05, 4.69) is 38.2 Å². The van der Waals surface area contributed by atoms with Gasteiger partial charge in [-0.05, 0) is 67.3 Å². The minimum Gasteiger partial charge on any atom is -0.496 e. The Bertz CT molecular complexity index is 1690. The van der Waals surface area contributed by atoms with Crippen LogP contribution in [0.15, 0.2) is 79.1 Å². The summed E-state index contributed by atoms with van der Waals surface area (Å²) in [6, 6.07) is 21.9. The minimum absolute atomic E-state index is 0.0350. The molecule has 10 heteroatoms. The van der Waals surface area contributed by atoms with Gasteiger partial charge in [0.05, 0.1) is 18.7 Å². The number of hydrogen-bond acceptors (Lipinski definition) is 6. The summed E-state index contributed by atoms with van der Waals surface area (Å²) in [7, 11) is 1.64. The van der Waals surface area contributed by atoms with Crippen molar-refractivity contribution < 1.29 is 14.3 Å². The number of methoxy groups -OCH3 is 1. The van der Waals surface area contributed by atoms with Crippen molar-refractivity contribution >= 4 is 34.8 Å². The molecule has 7 rings (SSSR count). The Hall–Kier alpha value is -4.34. The van der Waals surface area contributed by atoms with Crippen LogP contribution in [0.25, 0.3) is 11.1 Å². The maximum Gasteiger partial charge on any atom is 0.253 e. The van der Waals surface area contributed by atoms with Crippen LogP contribution in [0.1, 0.15) is 35.2 Å². The SMILES string of the molecule is COc1cc(N2CCC3(CCN(C(=O)c4ccc(N5CCN(Cc6ccccc6Cl)CC5)cc4)CC3)C2=O)ccc1-c1cn[nH]c1. The van der Waals surface area contributed by atoms with Gasteiger partial charge in [0.2, 0.25) is 5.91 Å². The van der Waals surface area contributed by atoms with Gasteiger partial charge in [-0.25, -0.2) is 0 Å². The van der Waals surface area contributed by atoms with E-state index in [1.165, 1.54) is 0 Å². The predicted octanol–water partition coefficient (Wildman–Crippen LogP) is 5.72. The van der Waals surface area contributed by atoms with E-state index in [9.17, 15) is 9.59 Å². The van der Waals surface area contributed by atoms with Gasteiger partial charge in [-0.3, -0.25) is 19.6 Å². The number of halogens is 1. The molecule has 0 saturated carbocycles. The number of nitrogens with one attached hydrogen (secondary N) is 1. The van der Waals surface area contributed by atoms with E-state index in [1.807, 2.05) is 64.5 Å². The summed E-state index contributed by atoms with van der Waals surface area (Å²) < 4.78 is 5.66. The number of amides is 2. The summed E-state index contributed by atoms with van der Waals surface area (Å²) in [6.07, 6.45) is 5.72. The van der Waals surface area contributed by atoms with Gasteiger partial charge in [0.1, 0.15) is 5.75 Å². The Labute approximate surface area is 274 Å². The maximum atomic E-state index is 13.8. The first kappa shape index (κ1) is 30.3. The Balaban J connectivity index is 0.933. The number of H-pyrrole nitrogens is 1. The molecule has 2 amide bonds. The van der Waals surface area contributed by atoms with Crippen molar-refractivity contribution in [3.05, 3.63) is 95.3 Å². The first-order valence-electron chi connectivity index (χ1n) is 16.0. The Morgan fingerprint density at radius 1 is 0.913 bits per heavy atom. The van der Waals surface area contributed by atoms with E-state index in [-0.39, 0.29) is 11.8 Å². The summed E-state index contributed by atoms with van der Waals surface area (Å²) in [5.41, 5.74) is 5.27. The number of rotatable bonds is 7. The number of piperazine rings is 1. The zero-order valence-corrected chi connectivity index (χ0v) is 26.9. The summed E-state index contributed by atoms with van der Waals surface area (Å²) >= 11 is 6.37. The van der Waals surface area contributed by atoms with Crippen LogP contribution in [-0.2, 0) is 11.3 Å². The second-order valence-electron chi connectivity index (χ2n) is 12.6. The molecule has 1 N–H and O–H groups in total. The lowest BCUT2D eigenvalue weighted by Crippen LogP contribution is -2.46. The van der Waals surface area contributed by atoms with Crippen molar-refractivity contribution in [2.75, 3.05) is 62.7 Å². The van der Waals surface area contributed by atoms with Gasteiger partial charge in [-0.15, -0.1) is 0 Å². The number of aromatic nitrogens is 2. The quantitative estimate of drug-likeness (QED) is 0.279. The fourth-order valence-corrected chi connectivity index (χ4v) is 7.38. The van der Waals surface area contributed by atoms with Gasteiger partial charge in [-0.1, -0.05) is 29.8 Å². The Kier molecular flexibility index (Phi) is 8.44. The molecule has 0 bridgehead atoms. The van der Waals surface area contributed by atoms with Crippen molar-refractivity contribution in [2.45, 2.75) is 25.8 Å². The Morgan fingerprint density at radius 3 is 2.33 bits per heavy atom. The minimum atomic E-state index is -0.426. The van der Waals surface area contributed by atoms with Crippen LogP contribution < -0.4 is 14.5 Å². The number of carbonyl (C=O) groups is 2. The van der Waals surface area contributed by atoms with Crippen LogP contribution in [0.4, 0.5) is 11.4 Å². The van der Waals surface area contributed by atoms with Gasteiger partial charge < -0.3 is 19.4 Å². The van der Waals surface area contributed by atoms with Crippen molar-refractivity contribution in [3.63, 3.8) is 0 Å². The number of carbonyl (C=O) groups excluding carboxylic acids is 2. The van der Waals surface area contributed by atoms with Gasteiger partial charge in [0, 0.05) is 97.7 Å². The number of anilines is 2. The van der Waals surface area contributed by atoms with E-state index in [1.54, 1.807) is 13.3 Å². The lowest BCUT2D eigenvalue weighted by molar-refractivity contribution is -0.127. The molecule has 46 heavy (non-hydrogen) atoms. The van der Waals surface area contributed by atoms with Crippen LogP contribution in [-0.4, -0.2) is 84.7 Å². The smallest absolute Gasteiger partial charge is 0.253 e. The van der Waals surface area contributed by atoms with E-state index in [4.69, 9.17) is 16.3 Å². The van der Waals surface area contributed by atoms with E-state index in [0.29, 0.717) is 43.8 Å². The molecule has 4 aromatic rings. The van der Waals surface area contributed by atoms with E-state index >= 15 is 0 Å². The number of ether oxygens (including phenoxy) is 1. The molecule has 3 saturated heterocycles. The van der Waals surface area contributed by atoms with Gasteiger partial charge in [-0.2, -0.15) is 5.10 Å². The van der Waals surface area contributed by atoms with Crippen molar-refractivity contribution in [3.8, 4) is 16.9 Å². The highest BCUT2D eigenvalue weighted by Gasteiger charge is 2.49. The molecule has 9 nitrogen and oxygen atoms in total. The zero-order chi connectivity index (χ0) is 31.7. The van der Waals surface area contributed by atoms with Crippen LogP contribution in [0.5, 0.6) is 5.75 Å². The van der Waals surface area contributed by atoms with E-state index < -0.39 is 5.41 Å². The first-order valence-corrected chi connectivity index (χ1v) is 16.4. The van der Waals surface area contributed by atoms with Gasteiger partial charge >= 0.3 is 0 Å². The second kappa shape index (κ2) is 12.8. The first-order chi connectivity index (χ1) is 22.4. The van der Waals surface area contributed by atoms with E-state index in [0.717, 1.165) is 72.2 Å². The van der Waals surface area contributed by atoms with Crippen molar-refractivity contribution in [1.82, 2.24) is 20.0 Å². The molecule has 1 spiro atoms. The fraction of sp³-hybridized carbons (Fsp3) is 0.361. The van der Waals surface area contributed by atoms with Crippen molar-refractivity contribution in [2.24, 2.45) is 5.41 Å². The molecule has 0 unspecified atom stereocenters. The third-order valence-corrected chi connectivity index (χ3v) is 10.4. The van der Waals surface area contributed by atoms with Gasteiger partial charge in [0.15, 0.2) is 0 Å². The number of aromatic amines is 1. The molecule has 0 atom stereocenters. The molecule has 3 aliphatic heterocycles. The standard InChI is InChI=1S/C36H39ClN6O3/c1-46-33-22-30(10-11-31(33)28-23-38-39-24-28)43-17-14-36(35(43)45)12-15-42(16-13-36)34(44)26-6-8-29(9-7-26)41-20-18-40(19-21-41)25-27-4-2-3-5-32(27)37/h2-11,22-24H,12-21,25H2,1H3,(H,38,39). The molecular weight excluding hydrogens is 600 g/mol. The molecule has 1 aromatic heterocycles. The van der Waals surface area contributed by atoms with Crippen LogP contribution in [0.3, 0.4) is 0 Å². The van der Waals surface area contributed by atoms with Crippen molar-refractivity contribution in [1.29, 1.82) is 0 Å². The summed E-state index contributed by atoms with van der Waals surface area (Å²) in [5.74, 6) is 0.886. The maximum absolute atomic E-state index is 13.8. The second-order valence-corrected chi connectivity index (χ2v) is 13.0. The summed E-state index contributed by atoms with van der Waals surface area (Å²) in [4.78, 5) is 35.9. The zero-order valence-electron chi connectivity index (χ0n) is 26.1. The number of likely N-dealkylation sites (tertiary alicyclic amines) is 1. The number of piperidine rings is 1. The molecule has 4 heterocycles. The summed E-state index contributed by atoms with van der Waals surface area (Å²) in [5, 5.41) is 7.70. The topological polar surface area (TPSA) is 85.0 Å². The summed E-state index contributed by atoms with van der Waals surface area (Å²) in [6.45, 7) is 6.46. The third-order valence-electron chi connectivity index (χ3n) is 10.0.